The highest BCUT2D eigenvalue weighted by atomic mass is 32.2. The van der Waals surface area contributed by atoms with E-state index in [0.717, 1.165) is 17.0 Å². The van der Waals surface area contributed by atoms with E-state index in [-0.39, 0.29) is 11.9 Å². The minimum Gasteiger partial charge on any atom is -0.494 e. The van der Waals surface area contributed by atoms with Crippen molar-refractivity contribution >= 4 is 33.2 Å². The number of rotatable bonds is 10. The number of sulfonamides is 1. The van der Waals surface area contributed by atoms with E-state index in [1.165, 1.54) is 0 Å². The van der Waals surface area contributed by atoms with Crippen molar-refractivity contribution in [2.24, 2.45) is 0 Å². The first-order chi connectivity index (χ1) is 14.7. The summed E-state index contributed by atoms with van der Waals surface area (Å²) in [4.78, 5) is 25.2. The molecule has 9 heteroatoms. The first-order valence-electron chi connectivity index (χ1n) is 10.1. The van der Waals surface area contributed by atoms with Crippen molar-refractivity contribution < 1.29 is 22.7 Å². The summed E-state index contributed by atoms with van der Waals surface area (Å²) >= 11 is 0. The van der Waals surface area contributed by atoms with Gasteiger partial charge in [0.1, 0.15) is 12.3 Å². The zero-order valence-electron chi connectivity index (χ0n) is 18.2. The quantitative estimate of drug-likeness (QED) is 0.583. The zero-order chi connectivity index (χ0) is 23.0. The number of nitrogens with zero attached hydrogens (tertiary/aromatic N) is 1. The van der Waals surface area contributed by atoms with Crippen LogP contribution in [0.3, 0.4) is 0 Å². The molecule has 0 aliphatic carbocycles. The van der Waals surface area contributed by atoms with E-state index in [4.69, 9.17) is 4.74 Å². The molecule has 0 saturated carbocycles. The monoisotopic (exact) mass is 447 g/mol. The summed E-state index contributed by atoms with van der Waals surface area (Å²) < 4.78 is 31.0. The van der Waals surface area contributed by atoms with E-state index in [9.17, 15) is 18.0 Å². The maximum absolute atomic E-state index is 12.7. The molecule has 2 N–H and O–H groups in total. The van der Waals surface area contributed by atoms with Crippen LogP contribution in [0.1, 0.15) is 37.6 Å². The summed E-state index contributed by atoms with van der Waals surface area (Å²) in [5.74, 6) is -0.273. The Labute approximate surface area is 183 Å². The van der Waals surface area contributed by atoms with Gasteiger partial charge in [0.15, 0.2) is 0 Å². The van der Waals surface area contributed by atoms with Gasteiger partial charge in [0.05, 0.1) is 29.8 Å². The van der Waals surface area contributed by atoms with Crippen molar-refractivity contribution in [1.29, 1.82) is 0 Å². The highest BCUT2D eigenvalue weighted by molar-refractivity contribution is 7.92. The van der Waals surface area contributed by atoms with Crippen LogP contribution >= 0.6 is 0 Å². The smallest absolute Gasteiger partial charge is 0.253 e. The molecular weight excluding hydrogens is 418 g/mol. The normalized spacial score (nSPS) is 12.0. The number of nitrogens with one attached hydrogen (secondary N) is 2. The lowest BCUT2D eigenvalue weighted by Crippen LogP contribution is -2.38. The molecule has 0 fully saturated rings. The summed E-state index contributed by atoms with van der Waals surface area (Å²) in [7, 11) is -3.72. The third kappa shape index (κ3) is 6.99. The molecule has 168 valence electrons. The second kappa shape index (κ2) is 10.8. The van der Waals surface area contributed by atoms with Crippen molar-refractivity contribution in [2.75, 3.05) is 29.0 Å². The SMILES string of the molecule is CCOc1ccc(N(CC(=O)Nc2ccccc2C(=O)N[C@H](C)CC)S(C)(=O)=O)cc1. The fraction of sp³-hybridized carbons (Fsp3) is 0.364. The number of amides is 2. The van der Waals surface area contributed by atoms with Crippen LogP contribution in [0.2, 0.25) is 0 Å². The average Bonchev–Trinajstić information content (AvgIpc) is 2.72. The molecule has 0 saturated heterocycles. The van der Waals surface area contributed by atoms with E-state index in [2.05, 4.69) is 10.6 Å². The Bertz CT molecular complexity index is 1010. The molecule has 2 aromatic rings. The molecule has 31 heavy (non-hydrogen) atoms. The third-order valence-corrected chi connectivity index (χ3v) is 5.70. The molecule has 2 amide bonds. The van der Waals surface area contributed by atoms with Crippen molar-refractivity contribution in [2.45, 2.75) is 33.2 Å². The Morgan fingerprint density at radius 3 is 2.29 bits per heavy atom. The van der Waals surface area contributed by atoms with Gasteiger partial charge in [-0.15, -0.1) is 0 Å². The third-order valence-electron chi connectivity index (χ3n) is 4.56. The number of carbonyl (C=O) groups excluding carboxylic acids is 2. The second-order valence-corrected chi connectivity index (χ2v) is 8.98. The van der Waals surface area contributed by atoms with Gasteiger partial charge in [-0.1, -0.05) is 19.1 Å². The maximum atomic E-state index is 12.7. The summed E-state index contributed by atoms with van der Waals surface area (Å²) in [5.41, 5.74) is 0.959. The lowest BCUT2D eigenvalue weighted by atomic mass is 10.1. The Hall–Kier alpha value is -3.07. The number of hydrogen-bond donors (Lipinski definition) is 2. The van der Waals surface area contributed by atoms with Crippen molar-refractivity contribution in [3.8, 4) is 5.75 Å². The van der Waals surface area contributed by atoms with Crippen LogP contribution in [0.25, 0.3) is 0 Å². The molecule has 0 bridgehead atoms. The van der Waals surface area contributed by atoms with Gasteiger partial charge in [0.2, 0.25) is 15.9 Å². The predicted octanol–water partition coefficient (Wildman–Crippen LogP) is 3.02. The van der Waals surface area contributed by atoms with Crippen LogP contribution in [-0.4, -0.2) is 45.7 Å². The Morgan fingerprint density at radius 1 is 1.06 bits per heavy atom. The number of ether oxygens (including phenoxy) is 1. The molecule has 0 heterocycles. The number of hydrogen-bond acceptors (Lipinski definition) is 5. The van der Waals surface area contributed by atoms with Crippen LogP contribution in [-0.2, 0) is 14.8 Å². The van der Waals surface area contributed by atoms with Crippen molar-refractivity contribution in [3.63, 3.8) is 0 Å². The van der Waals surface area contributed by atoms with Crippen LogP contribution in [0.15, 0.2) is 48.5 Å². The van der Waals surface area contributed by atoms with Gasteiger partial charge in [0, 0.05) is 6.04 Å². The lowest BCUT2D eigenvalue weighted by molar-refractivity contribution is -0.114. The minimum absolute atomic E-state index is 0.0170. The molecule has 0 unspecified atom stereocenters. The summed E-state index contributed by atoms with van der Waals surface area (Å²) in [6.07, 6.45) is 1.80. The van der Waals surface area contributed by atoms with Gasteiger partial charge in [-0.25, -0.2) is 8.42 Å². The molecule has 0 aliphatic heterocycles. The molecule has 2 rings (SSSR count). The Morgan fingerprint density at radius 2 is 1.71 bits per heavy atom. The van der Waals surface area contributed by atoms with Crippen molar-refractivity contribution in [1.82, 2.24) is 5.32 Å². The highest BCUT2D eigenvalue weighted by Gasteiger charge is 2.22. The lowest BCUT2D eigenvalue weighted by Gasteiger charge is -2.22. The number of anilines is 2. The number of para-hydroxylation sites is 1. The summed E-state index contributed by atoms with van der Waals surface area (Å²) in [6, 6.07) is 13.0. The van der Waals surface area contributed by atoms with Gasteiger partial charge in [-0.05, 0) is 56.7 Å². The fourth-order valence-electron chi connectivity index (χ4n) is 2.79. The molecule has 2 aromatic carbocycles. The van der Waals surface area contributed by atoms with E-state index in [1.54, 1.807) is 48.5 Å². The topological polar surface area (TPSA) is 105 Å². The van der Waals surface area contributed by atoms with Gasteiger partial charge in [0.25, 0.3) is 5.91 Å². The Kier molecular flexibility index (Phi) is 8.44. The van der Waals surface area contributed by atoms with Crippen LogP contribution in [0.4, 0.5) is 11.4 Å². The van der Waals surface area contributed by atoms with Crippen LogP contribution in [0, 0.1) is 0 Å². The Balaban J connectivity index is 2.20. The molecule has 1 atom stereocenters. The minimum atomic E-state index is -3.72. The summed E-state index contributed by atoms with van der Waals surface area (Å²) in [5, 5.41) is 5.51. The van der Waals surface area contributed by atoms with Gasteiger partial charge in [-0.3, -0.25) is 13.9 Å². The van der Waals surface area contributed by atoms with Crippen LogP contribution in [0.5, 0.6) is 5.75 Å². The largest absolute Gasteiger partial charge is 0.494 e. The standard InChI is InChI=1S/C22H29N3O5S/c1-5-16(3)23-22(27)19-9-7-8-10-20(19)24-21(26)15-25(31(4,28)29)17-11-13-18(14-12-17)30-6-2/h7-14,16H,5-6,15H2,1-4H3,(H,23,27)(H,24,26)/t16-/m1/s1. The maximum Gasteiger partial charge on any atom is 0.253 e. The second-order valence-electron chi connectivity index (χ2n) is 7.07. The molecule has 0 spiro atoms. The first-order valence-corrected chi connectivity index (χ1v) is 11.9. The summed E-state index contributed by atoms with van der Waals surface area (Å²) in [6.45, 7) is 5.75. The predicted molar refractivity (Wildman–Crippen MR) is 122 cm³/mol. The van der Waals surface area contributed by atoms with E-state index in [1.807, 2.05) is 20.8 Å². The number of benzene rings is 2. The molecule has 0 aliphatic rings. The fourth-order valence-corrected chi connectivity index (χ4v) is 3.65. The van der Waals surface area contributed by atoms with E-state index in [0.29, 0.717) is 29.3 Å². The molecule has 0 radical (unpaired) electrons. The van der Waals surface area contributed by atoms with Crippen molar-refractivity contribution in [3.05, 3.63) is 54.1 Å². The zero-order valence-corrected chi connectivity index (χ0v) is 19.0. The van der Waals surface area contributed by atoms with E-state index >= 15 is 0 Å². The molecular formula is C22H29N3O5S. The molecule has 8 nitrogen and oxygen atoms in total. The molecule has 0 aromatic heterocycles. The number of carbonyl (C=O) groups is 2. The van der Waals surface area contributed by atoms with Gasteiger partial charge in [-0.2, -0.15) is 0 Å². The van der Waals surface area contributed by atoms with Gasteiger partial charge >= 0.3 is 0 Å². The average molecular weight is 448 g/mol. The van der Waals surface area contributed by atoms with Crippen LogP contribution < -0.4 is 19.7 Å². The first kappa shape index (κ1) is 24.2. The highest BCUT2D eigenvalue weighted by Crippen LogP contribution is 2.22. The van der Waals surface area contributed by atoms with Gasteiger partial charge < -0.3 is 15.4 Å². The van der Waals surface area contributed by atoms with E-state index < -0.39 is 22.5 Å².